The van der Waals surface area contributed by atoms with E-state index in [9.17, 15) is 0 Å². The summed E-state index contributed by atoms with van der Waals surface area (Å²) in [7, 11) is 3.04. The van der Waals surface area contributed by atoms with Crippen LogP contribution >= 0.6 is 32.9 Å². The molecule has 10 heavy (non-hydrogen) atoms. The zero-order valence-electron chi connectivity index (χ0n) is 5.20. The van der Waals surface area contributed by atoms with E-state index in [2.05, 4.69) is 5.16 Å². The molecular weight excluding hydrogens is 186 g/mol. The summed E-state index contributed by atoms with van der Waals surface area (Å²) in [6.07, 6.45) is 0. The van der Waals surface area contributed by atoms with Crippen LogP contribution < -0.4 is 0 Å². The second-order valence-electron chi connectivity index (χ2n) is 1.68. The molecule has 5 heteroatoms. The standard InChI is InChI=1S/C5H5NOS3/c1-3(6-7)4-2-5(8)10-9-4/h2,7H,1H3/b6-3-. The molecule has 2 nitrogen and oxygen atoms in total. The molecule has 1 rings (SSSR count). The first-order valence-corrected chi connectivity index (χ1v) is 5.09. The van der Waals surface area contributed by atoms with Crippen LogP contribution in [-0.2, 0) is 0 Å². The Bertz CT molecular complexity index is 298. The van der Waals surface area contributed by atoms with Crippen molar-refractivity contribution >= 4 is 38.6 Å². The van der Waals surface area contributed by atoms with Crippen molar-refractivity contribution in [2.75, 3.05) is 0 Å². The minimum Gasteiger partial charge on any atom is -0.411 e. The van der Waals surface area contributed by atoms with Gasteiger partial charge in [0.15, 0.2) is 0 Å². The van der Waals surface area contributed by atoms with Gasteiger partial charge in [-0.1, -0.05) is 38.1 Å². The Balaban J connectivity index is 3.07. The van der Waals surface area contributed by atoms with E-state index in [1.807, 2.05) is 6.07 Å². The van der Waals surface area contributed by atoms with Crippen molar-refractivity contribution in [2.45, 2.75) is 6.92 Å². The highest BCUT2D eigenvalue weighted by atomic mass is 32.9. The largest absolute Gasteiger partial charge is 0.411 e. The minimum atomic E-state index is 0.623. The van der Waals surface area contributed by atoms with Gasteiger partial charge >= 0.3 is 0 Å². The Morgan fingerprint density at radius 1 is 1.70 bits per heavy atom. The fourth-order valence-corrected chi connectivity index (χ4v) is 2.86. The van der Waals surface area contributed by atoms with E-state index in [0.29, 0.717) is 5.71 Å². The summed E-state index contributed by atoms with van der Waals surface area (Å²) in [5.74, 6) is 0. The number of hydrogen-bond donors (Lipinski definition) is 1. The quantitative estimate of drug-likeness (QED) is 0.243. The number of nitrogens with zero attached hydrogens (tertiary/aromatic N) is 1. The highest BCUT2D eigenvalue weighted by Crippen LogP contribution is 2.18. The molecule has 0 aliphatic heterocycles. The highest BCUT2D eigenvalue weighted by Gasteiger charge is 1.98. The molecule has 0 bridgehead atoms. The molecule has 0 atom stereocenters. The van der Waals surface area contributed by atoms with Gasteiger partial charge in [-0.2, -0.15) is 0 Å². The molecule has 1 heterocycles. The van der Waals surface area contributed by atoms with Crippen molar-refractivity contribution in [3.63, 3.8) is 0 Å². The van der Waals surface area contributed by atoms with Crippen LogP contribution in [0.2, 0.25) is 0 Å². The third kappa shape index (κ3) is 1.62. The number of hydrogen-bond acceptors (Lipinski definition) is 5. The summed E-state index contributed by atoms with van der Waals surface area (Å²) < 4.78 is 0.836. The predicted molar refractivity (Wildman–Crippen MR) is 47.0 cm³/mol. The Morgan fingerprint density at radius 3 is 2.80 bits per heavy atom. The van der Waals surface area contributed by atoms with Gasteiger partial charge in [0.05, 0.1) is 10.6 Å². The van der Waals surface area contributed by atoms with Gasteiger partial charge in [0, 0.05) is 0 Å². The molecule has 1 aromatic rings. The maximum Gasteiger partial charge on any atom is 0.102 e. The van der Waals surface area contributed by atoms with E-state index in [1.54, 1.807) is 6.92 Å². The fraction of sp³-hybridized carbons (Fsp3) is 0.200. The molecule has 1 N–H and O–H groups in total. The van der Waals surface area contributed by atoms with E-state index in [0.717, 1.165) is 8.70 Å². The average molecular weight is 191 g/mol. The Hall–Kier alpha value is -0.260. The lowest BCUT2D eigenvalue weighted by Gasteiger charge is -1.86. The summed E-state index contributed by atoms with van der Waals surface area (Å²) in [4.78, 5) is 0.942. The minimum absolute atomic E-state index is 0.623. The Labute approximate surface area is 70.8 Å². The molecule has 1 aromatic heterocycles. The first-order chi connectivity index (χ1) is 4.74. The predicted octanol–water partition coefficient (Wildman–Crippen LogP) is 2.74. The van der Waals surface area contributed by atoms with E-state index in [4.69, 9.17) is 17.4 Å². The van der Waals surface area contributed by atoms with Crippen molar-refractivity contribution in [2.24, 2.45) is 5.16 Å². The molecule has 0 spiro atoms. The molecule has 0 aliphatic carbocycles. The maximum atomic E-state index is 8.36. The van der Waals surface area contributed by atoms with Crippen LogP contribution in [0.15, 0.2) is 11.2 Å². The van der Waals surface area contributed by atoms with Crippen LogP contribution in [0.3, 0.4) is 0 Å². The first-order valence-electron chi connectivity index (χ1n) is 2.53. The highest BCUT2D eigenvalue weighted by molar-refractivity contribution is 7.79. The summed E-state index contributed by atoms with van der Waals surface area (Å²) in [6, 6.07) is 1.83. The summed E-state index contributed by atoms with van der Waals surface area (Å²) in [5, 5.41) is 11.4. The molecule has 0 aromatic carbocycles. The maximum absolute atomic E-state index is 8.36. The van der Waals surface area contributed by atoms with E-state index >= 15 is 0 Å². The topological polar surface area (TPSA) is 32.6 Å². The van der Waals surface area contributed by atoms with Gasteiger partial charge in [0.1, 0.15) is 3.82 Å². The van der Waals surface area contributed by atoms with Crippen LogP contribution in [0.1, 0.15) is 11.8 Å². The van der Waals surface area contributed by atoms with Gasteiger partial charge in [-0.3, -0.25) is 0 Å². The lowest BCUT2D eigenvalue weighted by atomic mass is 10.4. The summed E-state index contributed by atoms with van der Waals surface area (Å²) in [6.45, 7) is 1.74. The summed E-state index contributed by atoms with van der Waals surface area (Å²) >= 11 is 4.89. The van der Waals surface area contributed by atoms with Crippen LogP contribution in [0, 0.1) is 3.82 Å². The average Bonchev–Trinajstić information content (AvgIpc) is 2.34. The van der Waals surface area contributed by atoms with Crippen molar-refractivity contribution in [3.05, 3.63) is 14.8 Å². The van der Waals surface area contributed by atoms with E-state index in [1.165, 1.54) is 20.7 Å². The van der Waals surface area contributed by atoms with E-state index < -0.39 is 0 Å². The third-order valence-corrected chi connectivity index (χ3v) is 3.94. The second-order valence-corrected chi connectivity index (χ2v) is 4.59. The normalized spacial score (nSPS) is 11.9. The van der Waals surface area contributed by atoms with Crippen LogP contribution in [0.4, 0.5) is 0 Å². The van der Waals surface area contributed by atoms with Gasteiger partial charge in [-0.15, -0.1) is 0 Å². The van der Waals surface area contributed by atoms with Crippen LogP contribution in [-0.4, -0.2) is 10.9 Å². The SMILES string of the molecule is C/C(=N/O)c1cc(=S)ss1. The molecule has 0 amide bonds. The van der Waals surface area contributed by atoms with Gasteiger partial charge in [0.25, 0.3) is 0 Å². The van der Waals surface area contributed by atoms with Gasteiger partial charge in [0.2, 0.25) is 0 Å². The van der Waals surface area contributed by atoms with Crippen LogP contribution in [0.5, 0.6) is 0 Å². The zero-order chi connectivity index (χ0) is 7.56. The first kappa shape index (κ1) is 7.84. The molecule has 0 saturated heterocycles. The molecular formula is C5H5NOS3. The molecule has 54 valence electrons. The fourth-order valence-electron chi connectivity index (χ4n) is 0.455. The van der Waals surface area contributed by atoms with E-state index in [-0.39, 0.29) is 0 Å². The lowest BCUT2D eigenvalue weighted by Crippen LogP contribution is -1.87. The zero-order valence-corrected chi connectivity index (χ0v) is 7.65. The molecule has 0 unspecified atom stereocenters. The Kier molecular flexibility index (Phi) is 2.53. The summed E-state index contributed by atoms with van der Waals surface area (Å²) in [5.41, 5.74) is 0.623. The number of oxime groups is 1. The molecule has 0 aliphatic rings. The second kappa shape index (κ2) is 3.23. The molecule has 0 fully saturated rings. The van der Waals surface area contributed by atoms with Gasteiger partial charge in [-0.05, 0) is 13.0 Å². The smallest absolute Gasteiger partial charge is 0.102 e. The van der Waals surface area contributed by atoms with Crippen LogP contribution in [0.25, 0.3) is 0 Å². The lowest BCUT2D eigenvalue weighted by molar-refractivity contribution is 0.319. The third-order valence-electron chi connectivity index (χ3n) is 0.969. The van der Waals surface area contributed by atoms with Crippen molar-refractivity contribution in [1.82, 2.24) is 0 Å². The Morgan fingerprint density at radius 2 is 2.40 bits per heavy atom. The monoisotopic (exact) mass is 191 g/mol. The van der Waals surface area contributed by atoms with Crippen molar-refractivity contribution in [1.29, 1.82) is 0 Å². The number of rotatable bonds is 1. The molecule has 0 radical (unpaired) electrons. The molecule has 0 saturated carbocycles. The van der Waals surface area contributed by atoms with Gasteiger partial charge in [-0.25, -0.2) is 0 Å². The van der Waals surface area contributed by atoms with Crippen molar-refractivity contribution < 1.29 is 5.21 Å². The van der Waals surface area contributed by atoms with Gasteiger partial charge < -0.3 is 5.21 Å². The van der Waals surface area contributed by atoms with Crippen molar-refractivity contribution in [3.8, 4) is 0 Å².